The van der Waals surface area contributed by atoms with Crippen molar-refractivity contribution in [2.45, 2.75) is 26.8 Å². The van der Waals surface area contributed by atoms with Gasteiger partial charge >= 0.3 is 0 Å². The number of nitrogens with zero attached hydrogens (tertiary/aromatic N) is 2. The number of hydrogen-bond acceptors (Lipinski definition) is 3. The maximum atomic E-state index is 11.5. The van der Waals surface area contributed by atoms with Crippen molar-refractivity contribution in [2.24, 2.45) is 0 Å². The molecule has 0 amide bonds. The standard InChI is InChI=1S/C10H12N2OS/c1-6(2)12-5-11-9(13)8-7(3)4-14-10(8)12/h4-6H,1-3H3. The van der Waals surface area contributed by atoms with Crippen LogP contribution in [0, 0.1) is 6.92 Å². The number of hydrogen-bond donors (Lipinski definition) is 0. The number of aryl methyl sites for hydroxylation is 1. The fraction of sp³-hybridized carbons (Fsp3) is 0.400. The van der Waals surface area contributed by atoms with Gasteiger partial charge in [0.05, 0.1) is 5.39 Å². The number of aromatic nitrogens is 2. The Kier molecular flexibility index (Phi) is 2.15. The average molecular weight is 208 g/mol. The monoisotopic (exact) mass is 208 g/mol. The van der Waals surface area contributed by atoms with Crippen molar-refractivity contribution in [3.05, 3.63) is 27.6 Å². The van der Waals surface area contributed by atoms with E-state index in [0.29, 0.717) is 6.04 Å². The van der Waals surface area contributed by atoms with Crippen LogP contribution in [0.25, 0.3) is 10.2 Å². The molecule has 0 fully saturated rings. The summed E-state index contributed by atoms with van der Waals surface area (Å²) in [5.41, 5.74) is 0.910. The summed E-state index contributed by atoms with van der Waals surface area (Å²) in [4.78, 5) is 16.4. The Morgan fingerprint density at radius 3 is 2.86 bits per heavy atom. The topological polar surface area (TPSA) is 34.9 Å². The summed E-state index contributed by atoms with van der Waals surface area (Å²) in [7, 11) is 0. The summed E-state index contributed by atoms with van der Waals surface area (Å²) in [6.45, 7) is 6.12. The molecule has 3 nitrogen and oxygen atoms in total. The molecule has 0 atom stereocenters. The molecular weight excluding hydrogens is 196 g/mol. The predicted octanol–water partition coefficient (Wildman–Crippen LogP) is 2.35. The lowest BCUT2D eigenvalue weighted by molar-refractivity contribution is 0.610. The van der Waals surface area contributed by atoms with Gasteiger partial charge in [-0.2, -0.15) is 4.98 Å². The molecular formula is C10H12N2OS. The first-order valence-corrected chi connectivity index (χ1v) is 5.44. The minimum absolute atomic E-state index is 0.115. The highest BCUT2D eigenvalue weighted by Crippen LogP contribution is 2.23. The lowest BCUT2D eigenvalue weighted by atomic mass is 10.2. The van der Waals surface area contributed by atoms with Crippen LogP contribution in [0.5, 0.6) is 0 Å². The minimum Gasteiger partial charge on any atom is -0.321 e. The maximum Gasteiger partial charge on any atom is 0.281 e. The van der Waals surface area contributed by atoms with Crippen molar-refractivity contribution in [2.75, 3.05) is 0 Å². The summed E-state index contributed by atoms with van der Waals surface area (Å²) in [6.07, 6.45) is 1.63. The van der Waals surface area contributed by atoms with Gasteiger partial charge in [-0.1, -0.05) is 0 Å². The van der Waals surface area contributed by atoms with Gasteiger partial charge in [-0.3, -0.25) is 4.79 Å². The van der Waals surface area contributed by atoms with E-state index in [-0.39, 0.29) is 5.56 Å². The van der Waals surface area contributed by atoms with E-state index in [9.17, 15) is 4.79 Å². The molecule has 0 N–H and O–H groups in total. The number of fused-ring (bicyclic) bond motifs is 1. The highest BCUT2D eigenvalue weighted by Gasteiger charge is 2.10. The third kappa shape index (κ3) is 1.26. The predicted molar refractivity (Wildman–Crippen MR) is 59.0 cm³/mol. The van der Waals surface area contributed by atoms with E-state index in [1.807, 2.05) is 16.9 Å². The van der Waals surface area contributed by atoms with Gasteiger partial charge in [0.15, 0.2) is 0 Å². The average Bonchev–Trinajstić information content (AvgIpc) is 2.49. The van der Waals surface area contributed by atoms with Crippen molar-refractivity contribution < 1.29 is 0 Å². The molecule has 0 aliphatic carbocycles. The molecule has 14 heavy (non-hydrogen) atoms. The third-order valence-corrected chi connectivity index (χ3v) is 3.37. The minimum atomic E-state index is -0.115. The maximum absolute atomic E-state index is 11.5. The van der Waals surface area contributed by atoms with Crippen LogP contribution in [0.2, 0.25) is 0 Å². The van der Waals surface area contributed by atoms with Gasteiger partial charge in [0, 0.05) is 6.04 Å². The van der Waals surface area contributed by atoms with Gasteiger partial charge in [0.1, 0.15) is 11.2 Å². The SMILES string of the molecule is Cc1csc2c1c(=O)ncn2C(C)C. The van der Waals surface area contributed by atoms with Crippen LogP contribution >= 0.6 is 11.3 Å². The normalized spacial score (nSPS) is 11.4. The van der Waals surface area contributed by atoms with Crippen LogP contribution in [0.15, 0.2) is 16.5 Å². The lowest BCUT2D eigenvalue weighted by Gasteiger charge is -2.10. The van der Waals surface area contributed by atoms with Crippen LogP contribution < -0.4 is 5.56 Å². The van der Waals surface area contributed by atoms with Crippen LogP contribution in [-0.2, 0) is 0 Å². The van der Waals surface area contributed by atoms with Crippen molar-refractivity contribution in [3.8, 4) is 0 Å². The summed E-state index contributed by atoms with van der Waals surface area (Å²) >= 11 is 1.61. The molecule has 0 aliphatic rings. The zero-order chi connectivity index (χ0) is 10.3. The summed E-state index contributed by atoms with van der Waals surface area (Å²) < 4.78 is 2.04. The van der Waals surface area contributed by atoms with Crippen molar-refractivity contribution in [3.63, 3.8) is 0 Å². The van der Waals surface area contributed by atoms with Crippen molar-refractivity contribution in [1.29, 1.82) is 0 Å². The Hall–Kier alpha value is -1.16. The van der Waals surface area contributed by atoms with Crippen LogP contribution in [0.4, 0.5) is 0 Å². The molecule has 2 rings (SSSR count). The Balaban J connectivity index is 2.91. The Morgan fingerprint density at radius 1 is 1.50 bits per heavy atom. The molecule has 0 saturated heterocycles. The second-order valence-electron chi connectivity index (χ2n) is 3.65. The number of thiophene rings is 1. The Labute approximate surface area is 86.0 Å². The van der Waals surface area contributed by atoms with E-state index in [1.54, 1.807) is 17.7 Å². The molecule has 0 unspecified atom stereocenters. The highest BCUT2D eigenvalue weighted by molar-refractivity contribution is 7.17. The number of rotatable bonds is 1. The molecule has 2 heterocycles. The molecule has 74 valence electrons. The Morgan fingerprint density at radius 2 is 2.21 bits per heavy atom. The van der Waals surface area contributed by atoms with Crippen LogP contribution in [-0.4, -0.2) is 9.55 Å². The molecule has 0 radical (unpaired) electrons. The zero-order valence-electron chi connectivity index (χ0n) is 8.44. The quantitative estimate of drug-likeness (QED) is 0.721. The zero-order valence-corrected chi connectivity index (χ0v) is 9.26. The van der Waals surface area contributed by atoms with E-state index < -0.39 is 0 Å². The van der Waals surface area contributed by atoms with Crippen molar-refractivity contribution in [1.82, 2.24) is 9.55 Å². The first-order valence-electron chi connectivity index (χ1n) is 4.56. The largest absolute Gasteiger partial charge is 0.321 e. The molecule has 0 aromatic carbocycles. The van der Waals surface area contributed by atoms with Gasteiger partial charge in [0.2, 0.25) is 0 Å². The molecule has 0 spiro atoms. The van der Waals surface area contributed by atoms with E-state index >= 15 is 0 Å². The fourth-order valence-electron chi connectivity index (χ4n) is 1.48. The first-order chi connectivity index (χ1) is 6.61. The fourth-order valence-corrected chi connectivity index (χ4v) is 2.63. The summed E-state index contributed by atoms with van der Waals surface area (Å²) in [5, 5.41) is 2.78. The molecule has 2 aromatic heterocycles. The van der Waals surface area contributed by atoms with Gasteiger partial charge in [-0.15, -0.1) is 11.3 Å². The van der Waals surface area contributed by atoms with Crippen LogP contribution in [0.3, 0.4) is 0 Å². The highest BCUT2D eigenvalue weighted by atomic mass is 32.1. The molecule has 4 heteroatoms. The molecule has 0 aliphatic heterocycles. The lowest BCUT2D eigenvalue weighted by Crippen LogP contribution is -2.12. The van der Waals surface area contributed by atoms with Gasteiger partial charge in [-0.05, 0) is 31.7 Å². The van der Waals surface area contributed by atoms with Gasteiger partial charge < -0.3 is 4.57 Å². The van der Waals surface area contributed by atoms with E-state index in [4.69, 9.17) is 0 Å². The first kappa shape index (κ1) is 9.40. The second kappa shape index (κ2) is 3.20. The molecule has 0 saturated carbocycles. The molecule has 2 aromatic rings. The third-order valence-electron chi connectivity index (χ3n) is 2.26. The van der Waals surface area contributed by atoms with Crippen LogP contribution in [0.1, 0.15) is 25.5 Å². The van der Waals surface area contributed by atoms with Crippen molar-refractivity contribution >= 4 is 21.6 Å². The summed E-state index contributed by atoms with van der Waals surface area (Å²) in [5.74, 6) is 0. The Bertz CT molecular complexity index is 524. The van der Waals surface area contributed by atoms with Gasteiger partial charge in [-0.25, -0.2) is 0 Å². The summed E-state index contributed by atoms with van der Waals surface area (Å²) in [6, 6.07) is 0.337. The second-order valence-corrected chi connectivity index (χ2v) is 4.51. The van der Waals surface area contributed by atoms with E-state index in [2.05, 4.69) is 18.8 Å². The molecule has 0 bridgehead atoms. The smallest absolute Gasteiger partial charge is 0.281 e. The van der Waals surface area contributed by atoms with E-state index in [1.165, 1.54) is 0 Å². The van der Waals surface area contributed by atoms with Gasteiger partial charge in [0.25, 0.3) is 5.56 Å². The van der Waals surface area contributed by atoms with E-state index in [0.717, 1.165) is 15.8 Å².